The Morgan fingerprint density at radius 3 is 2.72 bits per heavy atom. The second-order valence-corrected chi connectivity index (χ2v) is 3.53. The van der Waals surface area contributed by atoms with Gasteiger partial charge in [0.05, 0.1) is 18.4 Å². The monoisotopic (exact) mass is 249 g/mol. The van der Waals surface area contributed by atoms with Gasteiger partial charge < -0.3 is 14.8 Å². The van der Waals surface area contributed by atoms with Gasteiger partial charge in [0.15, 0.2) is 12.1 Å². The lowest BCUT2D eigenvalue weighted by Crippen LogP contribution is -2.23. The van der Waals surface area contributed by atoms with Gasteiger partial charge in [-0.2, -0.15) is 5.10 Å². The Bertz CT molecular complexity index is 453. The number of rotatable bonds is 6. The molecular formula is C11H15N5O2. The van der Waals surface area contributed by atoms with Crippen molar-refractivity contribution in [2.45, 2.75) is 6.29 Å². The van der Waals surface area contributed by atoms with Crippen LogP contribution in [0.3, 0.4) is 0 Å². The fourth-order valence-corrected chi connectivity index (χ4v) is 1.42. The number of nitrogens with one attached hydrogen (secondary N) is 1. The zero-order valence-electron chi connectivity index (χ0n) is 10.3. The number of pyridine rings is 1. The Balaban J connectivity index is 1.96. The molecule has 0 aromatic carbocycles. The molecular weight excluding hydrogens is 234 g/mol. The molecule has 0 atom stereocenters. The molecule has 0 aliphatic heterocycles. The van der Waals surface area contributed by atoms with Crippen molar-refractivity contribution in [1.82, 2.24) is 19.7 Å². The number of ether oxygens (including phenoxy) is 2. The summed E-state index contributed by atoms with van der Waals surface area (Å²) < 4.78 is 11.7. The van der Waals surface area contributed by atoms with E-state index in [-0.39, 0.29) is 6.29 Å². The zero-order valence-corrected chi connectivity index (χ0v) is 10.3. The van der Waals surface area contributed by atoms with Crippen molar-refractivity contribution in [3.8, 4) is 5.82 Å². The minimum Gasteiger partial charge on any atom is -0.379 e. The molecule has 2 rings (SSSR count). The summed E-state index contributed by atoms with van der Waals surface area (Å²) in [5.74, 6) is 0.716. The fraction of sp³-hybridized carbons (Fsp3) is 0.364. The molecule has 2 heterocycles. The fourth-order valence-electron chi connectivity index (χ4n) is 1.42. The van der Waals surface area contributed by atoms with Crippen molar-refractivity contribution in [3.05, 3.63) is 31.0 Å². The highest BCUT2D eigenvalue weighted by Crippen LogP contribution is 2.08. The van der Waals surface area contributed by atoms with E-state index in [1.165, 1.54) is 6.33 Å². The van der Waals surface area contributed by atoms with Crippen LogP contribution in [0.1, 0.15) is 0 Å². The van der Waals surface area contributed by atoms with Crippen LogP contribution in [0.5, 0.6) is 0 Å². The molecule has 7 nitrogen and oxygen atoms in total. The van der Waals surface area contributed by atoms with Crippen LogP contribution in [-0.4, -0.2) is 46.8 Å². The molecule has 0 unspecified atom stereocenters. The van der Waals surface area contributed by atoms with Crippen LogP contribution in [0.25, 0.3) is 5.82 Å². The first kappa shape index (κ1) is 12.5. The van der Waals surface area contributed by atoms with Gasteiger partial charge in [0.1, 0.15) is 12.7 Å². The molecule has 0 aliphatic rings. The van der Waals surface area contributed by atoms with E-state index >= 15 is 0 Å². The van der Waals surface area contributed by atoms with Gasteiger partial charge in [-0.3, -0.25) is 0 Å². The lowest BCUT2D eigenvalue weighted by Gasteiger charge is -2.14. The summed E-state index contributed by atoms with van der Waals surface area (Å²) in [7, 11) is 3.20. The normalized spacial score (nSPS) is 10.8. The first-order valence-electron chi connectivity index (χ1n) is 5.44. The van der Waals surface area contributed by atoms with Gasteiger partial charge in [0, 0.05) is 14.2 Å². The Morgan fingerprint density at radius 2 is 2.17 bits per heavy atom. The Labute approximate surface area is 105 Å². The highest BCUT2D eigenvalue weighted by Gasteiger charge is 2.04. The summed E-state index contributed by atoms with van der Waals surface area (Å²) in [6.45, 7) is 0.553. The van der Waals surface area contributed by atoms with Gasteiger partial charge in [-0.15, -0.1) is 0 Å². The summed E-state index contributed by atoms with van der Waals surface area (Å²) in [5, 5.41) is 7.16. The summed E-state index contributed by atoms with van der Waals surface area (Å²) >= 11 is 0. The Hall–Kier alpha value is -1.99. The largest absolute Gasteiger partial charge is 0.379 e. The summed E-state index contributed by atoms with van der Waals surface area (Å²) in [5.41, 5.74) is 0.887. The Morgan fingerprint density at radius 1 is 1.33 bits per heavy atom. The van der Waals surface area contributed by atoms with Crippen molar-refractivity contribution in [2.24, 2.45) is 0 Å². The maximum Gasteiger partial charge on any atom is 0.173 e. The minimum atomic E-state index is -0.278. The molecule has 1 N–H and O–H groups in total. The average molecular weight is 249 g/mol. The van der Waals surface area contributed by atoms with Gasteiger partial charge in [-0.1, -0.05) is 0 Å². The van der Waals surface area contributed by atoms with Crippen molar-refractivity contribution in [2.75, 3.05) is 26.1 Å². The van der Waals surface area contributed by atoms with Gasteiger partial charge >= 0.3 is 0 Å². The van der Waals surface area contributed by atoms with Crippen molar-refractivity contribution >= 4 is 5.69 Å². The summed E-state index contributed by atoms with van der Waals surface area (Å²) in [6, 6.07) is 3.76. The van der Waals surface area contributed by atoms with E-state index in [1.54, 1.807) is 31.4 Å². The quantitative estimate of drug-likeness (QED) is 0.759. The van der Waals surface area contributed by atoms with E-state index in [9.17, 15) is 0 Å². The van der Waals surface area contributed by atoms with E-state index in [1.807, 2.05) is 12.1 Å². The van der Waals surface area contributed by atoms with Crippen molar-refractivity contribution < 1.29 is 9.47 Å². The number of hydrogen-bond donors (Lipinski definition) is 1. The summed E-state index contributed by atoms with van der Waals surface area (Å²) in [4.78, 5) is 8.13. The second-order valence-electron chi connectivity index (χ2n) is 3.53. The molecule has 2 aromatic rings. The minimum absolute atomic E-state index is 0.278. The highest BCUT2D eigenvalue weighted by atomic mass is 16.7. The smallest absolute Gasteiger partial charge is 0.173 e. The van der Waals surface area contributed by atoms with Crippen LogP contribution in [0.15, 0.2) is 31.0 Å². The van der Waals surface area contributed by atoms with Gasteiger partial charge in [0.2, 0.25) is 0 Å². The average Bonchev–Trinajstić information content (AvgIpc) is 2.94. The molecule has 0 spiro atoms. The van der Waals surface area contributed by atoms with Crippen molar-refractivity contribution in [3.63, 3.8) is 0 Å². The molecule has 0 aliphatic carbocycles. The molecule has 2 aromatic heterocycles. The third-order valence-electron chi connectivity index (χ3n) is 2.40. The van der Waals surface area contributed by atoms with Crippen LogP contribution >= 0.6 is 0 Å². The standard InChI is InChI=1S/C11H15N5O2/c1-17-11(18-2)6-13-9-3-4-10(14-5-9)16-8-12-7-15-16/h3-5,7-8,11,13H,6H2,1-2H3. The van der Waals surface area contributed by atoms with E-state index in [4.69, 9.17) is 9.47 Å². The lowest BCUT2D eigenvalue weighted by molar-refractivity contribution is -0.0914. The molecule has 0 saturated carbocycles. The number of hydrogen-bond acceptors (Lipinski definition) is 6. The SMILES string of the molecule is COC(CNc1ccc(-n2cncn2)nc1)OC. The molecule has 96 valence electrons. The predicted molar refractivity (Wildman–Crippen MR) is 65.4 cm³/mol. The molecule has 7 heteroatoms. The predicted octanol–water partition coefficient (Wildman–Crippen LogP) is 0.693. The molecule has 0 amide bonds. The first-order valence-corrected chi connectivity index (χ1v) is 5.44. The molecule has 0 fully saturated rings. The highest BCUT2D eigenvalue weighted by molar-refractivity contribution is 5.43. The number of nitrogens with zero attached hydrogens (tertiary/aromatic N) is 4. The zero-order chi connectivity index (χ0) is 12.8. The molecule has 0 radical (unpaired) electrons. The topological polar surface area (TPSA) is 74.1 Å². The number of aromatic nitrogens is 4. The van der Waals surface area contributed by atoms with Crippen LogP contribution < -0.4 is 5.32 Å². The number of anilines is 1. The molecule has 18 heavy (non-hydrogen) atoms. The van der Waals surface area contributed by atoms with Gasteiger partial charge in [-0.05, 0) is 12.1 Å². The van der Waals surface area contributed by atoms with Crippen LogP contribution in [0.2, 0.25) is 0 Å². The Kier molecular flexibility index (Phi) is 4.21. The van der Waals surface area contributed by atoms with Gasteiger partial charge in [0.25, 0.3) is 0 Å². The second kappa shape index (κ2) is 6.08. The van der Waals surface area contributed by atoms with Crippen LogP contribution in [0.4, 0.5) is 5.69 Å². The van der Waals surface area contributed by atoms with Gasteiger partial charge in [-0.25, -0.2) is 14.6 Å². The maximum absolute atomic E-state index is 5.08. The molecule has 0 saturated heterocycles. The van der Waals surface area contributed by atoms with Crippen LogP contribution in [-0.2, 0) is 9.47 Å². The van der Waals surface area contributed by atoms with E-state index in [2.05, 4.69) is 20.4 Å². The number of methoxy groups -OCH3 is 2. The van der Waals surface area contributed by atoms with E-state index in [0.717, 1.165) is 5.69 Å². The first-order chi connectivity index (χ1) is 8.83. The van der Waals surface area contributed by atoms with Crippen LogP contribution in [0, 0.1) is 0 Å². The summed E-state index contributed by atoms with van der Waals surface area (Å²) in [6.07, 6.45) is 4.51. The van der Waals surface area contributed by atoms with Crippen molar-refractivity contribution in [1.29, 1.82) is 0 Å². The third kappa shape index (κ3) is 3.02. The van der Waals surface area contributed by atoms with E-state index < -0.39 is 0 Å². The van der Waals surface area contributed by atoms with E-state index in [0.29, 0.717) is 12.4 Å². The molecule has 0 bridgehead atoms. The lowest BCUT2D eigenvalue weighted by atomic mass is 10.4. The third-order valence-corrected chi connectivity index (χ3v) is 2.40. The maximum atomic E-state index is 5.08.